The molecule has 242 valence electrons. The molecule has 9 heteroatoms. The van der Waals surface area contributed by atoms with E-state index in [1.165, 1.54) is 16.8 Å². The molecule has 1 aromatic heterocycles. The van der Waals surface area contributed by atoms with Crippen LogP contribution in [0.25, 0.3) is 31.9 Å². The zero-order valence-electron chi connectivity index (χ0n) is 27.4. The minimum absolute atomic E-state index is 0.137. The Kier molecular flexibility index (Phi) is 9.38. The van der Waals surface area contributed by atoms with Crippen LogP contribution in [0.1, 0.15) is 74.9 Å². The SMILES string of the molecule is COCCN1CCC(C2=NC(C)c3ccc(-c4nc5cc(C)c([C@H](OC(C)(C)C)C(=O)O)c(-c6ccc(Cl)cc6)c5s4)cc32)CC1. The number of rotatable bonds is 9. The number of aliphatic carboxylic acids is 1. The number of nitrogens with zero attached hydrogens (tertiary/aromatic N) is 3. The van der Waals surface area contributed by atoms with Gasteiger partial charge in [0.1, 0.15) is 5.01 Å². The van der Waals surface area contributed by atoms with Gasteiger partial charge in [-0.25, -0.2) is 9.78 Å². The number of aryl methyl sites for hydroxylation is 1. The molecule has 0 amide bonds. The van der Waals surface area contributed by atoms with Gasteiger partial charge < -0.3 is 19.5 Å². The number of piperidine rings is 1. The molecule has 3 aromatic carbocycles. The van der Waals surface area contributed by atoms with Gasteiger partial charge in [0.05, 0.1) is 28.5 Å². The number of carboxylic acids is 1. The molecule has 0 spiro atoms. The molecular weight excluding hydrogens is 618 g/mol. The fourth-order valence-electron chi connectivity index (χ4n) is 6.76. The van der Waals surface area contributed by atoms with Crippen molar-refractivity contribution in [2.45, 2.75) is 65.2 Å². The molecule has 7 nitrogen and oxygen atoms in total. The highest BCUT2D eigenvalue weighted by Gasteiger charge is 2.33. The van der Waals surface area contributed by atoms with Crippen LogP contribution in [-0.4, -0.2) is 65.6 Å². The molecule has 1 fully saturated rings. The van der Waals surface area contributed by atoms with Crippen LogP contribution in [0.2, 0.25) is 5.02 Å². The number of carbonyl (C=O) groups is 1. The quantitative estimate of drug-likeness (QED) is 0.193. The van der Waals surface area contributed by atoms with Crippen LogP contribution in [0.15, 0.2) is 53.5 Å². The maximum absolute atomic E-state index is 12.7. The van der Waals surface area contributed by atoms with Crippen LogP contribution >= 0.6 is 22.9 Å². The minimum atomic E-state index is -1.15. The zero-order chi connectivity index (χ0) is 32.7. The van der Waals surface area contributed by atoms with E-state index in [1.807, 2.05) is 58.0 Å². The highest BCUT2D eigenvalue weighted by molar-refractivity contribution is 7.22. The summed E-state index contributed by atoms with van der Waals surface area (Å²) >= 11 is 7.86. The monoisotopic (exact) mass is 659 g/mol. The van der Waals surface area contributed by atoms with Gasteiger partial charge >= 0.3 is 5.97 Å². The minimum Gasteiger partial charge on any atom is -0.479 e. The summed E-state index contributed by atoms with van der Waals surface area (Å²) in [5, 5.41) is 11.9. The second-order valence-electron chi connectivity index (χ2n) is 13.4. The van der Waals surface area contributed by atoms with Crippen molar-refractivity contribution in [1.29, 1.82) is 0 Å². The fraction of sp³-hybridized carbons (Fsp3) is 0.432. The van der Waals surface area contributed by atoms with Gasteiger partial charge in [-0.05, 0) is 102 Å². The Bertz CT molecular complexity index is 1790. The number of aliphatic imine (C=N–C) groups is 1. The van der Waals surface area contributed by atoms with Crippen molar-refractivity contribution in [3.63, 3.8) is 0 Å². The number of thiazole rings is 1. The first-order valence-electron chi connectivity index (χ1n) is 16.0. The average Bonchev–Trinajstić information content (AvgIpc) is 3.59. The molecule has 2 atom stereocenters. The van der Waals surface area contributed by atoms with Crippen molar-refractivity contribution >= 4 is 44.8 Å². The molecule has 1 unspecified atom stereocenters. The highest BCUT2D eigenvalue weighted by atomic mass is 35.5. The largest absolute Gasteiger partial charge is 0.479 e. The Balaban J connectivity index is 1.43. The number of halogens is 1. The number of ether oxygens (including phenoxy) is 2. The lowest BCUT2D eigenvalue weighted by Gasteiger charge is -2.32. The predicted octanol–water partition coefficient (Wildman–Crippen LogP) is 8.76. The van der Waals surface area contributed by atoms with Crippen molar-refractivity contribution in [2.75, 3.05) is 33.4 Å². The third kappa shape index (κ3) is 6.64. The van der Waals surface area contributed by atoms with E-state index in [0.29, 0.717) is 16.5 Å². The van der Waals surface area contributed by atoms with Crippen LogP contribution < -0.4 is 0 Å². The molecular formula is C37H42ClN3O4S. The smallest absolute Gasteiger partial charge is 0.337 e. The molecule has 4 aromatic rings. The van der Waals surface area contributed by atoms with E-state index in [0.717, 1.165) is 76.6 Å². The van der Waals surface area contributed by atoms with Crippen LogP contribution in [0, 0.1) is 12.8 Å². The number of hydrogen-bond donors (Lipinski definition) is 1. The Morgan fingerprint density at radius 1 is 1.11 bits per heavy atom. The molecule has 1 N–H and O–H groups in total. The number of carboxylic acid groups (broad SMARTS) is 1. The number of fused-ring (bicyclic) bond motifs is 2. The van der Waals surface area contributed by atoms with Gasteiger partial charge in [0.2, 0.25) is 0 Å². The van der Waals surface area contributed by atoms with Crippen molar-refractivity contribution in [3.8, 4) is 21.7 Å². The van der Waals surface area contributed by atoms with Crippen molar-refractivity contribution in [3.05, 3.63) is 75.8 Å². The van der Waals surface area contributed by atoms with Crippen LogP contribution in [0.4, 0.5) is 0 Å². The maximum Gasteiger partial charge on any atom is 0.337 e. The lowest BCUT2D eigenvalue weighted by Crippen LogP contribution is -2.38. The Hall–Kier alpha value is -3.14. The molecule has 6 rings (SSSR count). The predicted molar refractivity (Wildman–Crippen MR) is 187 cm³/mol. The highest BCUT2D eigenvalue weighted by Crippen LogP contribution is 2.45. The second-order valence-corrected chi connectivity index (χ2v) is 14.8. The van der Waals surface area contributed by atoms with Crippen molar-refractivity contribution < 1.29 is 19.4 Å². The summed E-state index contributed by atoms with van der Waals surface area (Å²) in [4.78, 5) is 25.5. The summed E-state index contributed by atoms with van der Waals surface area (Å²) in [6.45, 7) is 13.6. The van der Waals surface area contributed by atoms with Gasteiger partial charge in [-0.15, -0.1) is 11.3 Å². The summed E-state index contributed by atoms with van der Waals surface area (Å²) in [5.41, 5.74) is 8.09. The molecule has 46 heavy (non-hydrogen) atoms. The van der Waals surface area contributed by atoms with Crippen LogP contribution in [0.5, 0.6) is 0 Å². The molecule has 0 aliphatic carbocycles. The number of benzene rings is 3. The van der Waals surface area contributed by atoms with Gasteiger partial charge in [0.15, 0.2) is 6.10 Å². The molecule has 2 aliphatic rings. The van der Waals surface area contributed by atoms with Crippen molar-refractivity contribution in [1.82, 2.24) is 9.88 Å². The van der Waals surface area contributed by atoms with Gasteiger partial charge in [-0.3, -0.25) is 4.99 Å². The first kappa shape index (κ1) is 32.8. The fourth-order valence-corrected chi connectivity index (χ4v) is 8.01. The Morgan fingerprint density at radius 2 is 1.80 bits per heavy atom. The van der Waals surface area contributed by atoms with Crippen LogP contribution in [0.3, 0.4) is 0 Å². The van der Waals surface area contributed by atoms with E-state index in [9.17, 15) is 9.90 Å². The molecule has 0 radical (unpaired) electrons. The summed E-state index contributed by atoms with van der Waals surface area (Å²) in [6, 6.07) is 16.3. The van der Waals surface area contributed by atoms with Gasteiger partial charge in [-0.1, -0.05) is 35.9 Å². The molecule has 3 heterocycles. The third-order valence-electron chi connectivity index (χ3n) is 8.96. The Labute approximate surface area is 280 Å². The van der Waals surface area contributed by atoms with E-state index in [4.69, 9.17) is 31.1 Å². The number of likely N-dealkylation sites (tertiary alicyclic amines) is 1. The standard InChI is InChI=1S/C37H42ClN3O4S/c1-21-19-29-34(31(23-7-10-26(38)11-8-23)30(21)33(36(42)43)45-37(3,4)5)46-35(40-29)25-9-12-27-22(2)39-32(28(27)20-25)24-13-15-41(16-14-24)17-18-44-6/h7-12,19-20,22,24,33H,13-18H2,1-6H3,(H,42,43)/t22?,33-/m0/s1. The zero-order valence-corrected chi connectivity index (χ0v) is 29.0. The molecule has 2 aliphatic heterocycles. The maximum atomic E-state index is 12.7. The van der Waals surface area contributed by atoms with Gasteiger partial charge in [0.25, 0.3) is 0 Å². The third-order valence-corrected chi connectivity index (χ3v) is 10.4. The topological polar surface area (TPSA) is 84.3 Å². The first-order chi connectivity index (χ1) is 21.9. The summed E-state index contributed by atoms with van der Waals surface area (Å²) < 4.78 is 12.4. The molecule has 1 saturated heterocycles. The van der Waals surface area contributed by atoms with Gasteiger partial charge in [0, 0.05) is 52.6 Å². The number of hydrogen-bond acceptors (Lipinski definition) is 7. The number of aromatic nitrogens is 1. The molecule has 0 bridgehead atoms. The van der Waals surface area contributed by atoms with E-state index in [-0.39, 0.29) is 6.04 Å². The lowest BCUT2D eigenvalue weighted by molar-refractivity contribution is -0.160. The first-order valence-corrected chi connectivity index (χ1v) is 17.2. The van der Waals surface area contributed by atoms with Gasteiger partial charge in [-0.2, -0.15) is 0 Å². The van der Waals surface area contributed by atoms with Crippen molar-refractivity contribution in [2.24, 2.45) is 10.9 Å². The molecule has 0 saturated carbocycles. The Morgan fingerprint density at radius 3 is 2.46 bits per heavy atom. The summed E-state index contributed by atoms with van der Waals surface area (Å²) in [7, 11) is 1.76. The van der Waals surface area contributed by atoms with Crippen LogP contribution in [-0.2, 0) is 14.3 Å². The van der Waals surface area contributed by atoms with E-state index in [1.54, 1.807) is 18.4 Å². The summed E-state index contributed by atoms with van der Waals surface area (Å²) in [6.07, 6.45) is 1.03. The lowest BCUT2D eigenvalue weighted by atomic mass is 9.86. The van der Waals surface area contributed by atoms with E-state index >= 15 is 0 Å². The number of methoxy groups -OCH3 is 1. The average molecular weight is 660 g/mol. The summed E-state index contributed by atoms with van der Waals surface area (Å²) in [5.74, 6) is -0.591. The van der Waals surface area contributed by atoms with E-state index in [2.05, 4.69) is 30.0 Å². The second kappa shape index (κ2) is 13.2. The van der Waals surface area contributed by atoms with E-state index < -0.39 is 17.7 Å². The normalized spacial score (nSPS) is 18.2.